The first-order chi connectivity index (χ1) is 8.33. The lowest BCUT2D eigenvalue weighted by molar-refractivity contribution is 0.181. The standard InChI is InChI=1S/C12H17N3OS/c16-12(14-10-1-2-10)15-6-3-9(4-7-15)11-13-5-8-17-11/h5,8-10H,1-4,6-7H2,(H,14,16). The minimum Gasteiger partial charge on any atom is -0.335 e. The van der Waals surface area contributed by atoms with E-state index >= 15 is 0 Å². The molecular weight excluding hydrogens is 234 g/mol. The highest BCUT2D eigenvalue weighted by molar-refractivity contribution is 7.09. The minimum absolute atomic E-state index is 0.130. The predicted molar refractivity (Wildman–Crippen MR) is 67.2 cm³/mol. The van der Waals surface area contributed by atoms with Gasteiger partial charge in [-0.1, -0.05) is 0 Å². The molecule has 2 heterocycles. The quantitative estimate of drug-likeness (QED) is 0.875. The number of urea groups is 1. The molecule has 1 aromatic rings. The third kappa shape index (κ3) is 2.60. The van der Waals surface area contributed by atoms with Crippen molar-refractivity contribution < 1.29 is 4.79 Å². The Morgan fingerprint density at radius 1 is 1.35 bits per heavy atom. The van der Waals surface area contributed by atoms with E-state index < -0.39 is 0 Å². The third-order valence-corrected chi connectivity index (χ3v) is 4.43. The topological polar surface area (TPSA) is 45.2 Å². The monoisotopic (exact) mass is 251 g/mol. The Hall–Kier alpha value is -1.10. The maximum Gasteiger partial charge on any atom is 0.317 e. The van der Waals surface area contributed by atoms with Gasteiger partial charge in [0.25, 0.3) is 0 Å². The Morgan fingerprint density at radius 2 is 2.12 bits per heavy atom. The van der Waals surface area contributed by atoms with Crippen LogP contribution >= 0.6 is 11.3 Å². The van der Waals surface area contributed by atoms with Crippen molar-refractivity contribution in [2.24, 2.45) is 0 Å². The van der Waals surface area contributed by atoms with E-state index in [1.807, 2.05) is 16.5 Å². The van der Waals surface area contributed by atoms with E-state index in [-0.39, 0.29) is 6.03 Å². The molecule has 2 amide bonds. The number of piperidine rings is 1. The molecule has 2 aliphatic rings. The lowest BCUT2D eigenvalue weighted by atomic mass is 9.98. The maximum atomic E-state index is 11.8. The summed E-state index contributed by atoms with van der Waals surface area (Å²) in [5.41, 5.74) is 0. The highest BCUT2D eigenvalue weighted by atomic mass is 32.1. The summed E-state index contributed by atoms with van der Waals surface area (Å²) < 4.78 is 0. The first kappa shape index (κ1) is 11.0. The summed E-state index contributed by atoms with van der Waals surface area (Å²) in [7, 11) is 0. The molecule has 1 saturated carbocycles. The van der Waals surface area contributed by atoms with Crippen LogP contribution in [0.2, 0.25) is 0 Å². The molecule has 1 aliphatic carbocycles. The first-order valence-electron chi connectivity index (χ1n) is 6.28. The van der Waals surface area contributed by atoms with Crippen molar-refractivity contribution in [1.29, 1.82) is 0 Å². The van der Waals surface area contributed by atoms with Gasteiger partial charge in [-0.2, -0.15) is 0 Å². The van der Waals surface area contributed by atoms with Gasteiger partial charge in [0.15, 0.2) is 0 Å². The zero-order valence-corrected chi connectivity index (χ0v) is 10.6. The van der Waals surface area contributed by atoms with Gasteiger partial charge in [-0.3, -0.25) is 0 Å². The van der Waals surface area contributed by atoms with Crippen LogP contribution in [0.5, 0.6) is 0 Å². The summed E-state index contributed by atoms with van der Waals surface area (Å²) in [6, 6.07) is 0.587. The number of carbonyl (C=O) groups is 1. The number of nitrogens with one attached hydrogen (secondary N) is 1. The Kier molecular flexibility index (Phi) is 3.01. The maximum absolute atomic E-state index is 11.8. The second-order valence-corrected chi connectivity index (χ2v) is 5.78. The second-order valence-electron chi connectivity index (χ2n) is 4.86. The molecular formula is C12H17N3OS. The molecule has 0 radical (unpaired) electrons. The van der Waals surface area contributed by atoms with Gasteiger partial charge in [0.1, 0.15) is 0 Å². The van der Waals surface area contributed by atoms with E-state index in [0.717, 1.165) is 38.8 Å². The van der Waals surface area contributed by atoms with Crippen LogP contribution in [0.15, 0.2) is 11.6 Å². The van der Waals surface area contributed by atoms with Crippen molar-refractivity contribution in [3.63, 3.8) is 0 Å². The average molecular weight is 251 g/mol. The summed E-state index contributed by atoms with van der Waals surface area (Å²) in [4.78, 5) is 18.2. The fourth-order valence-electron chi connectivity index (χ4n) is 2.26. The average Bonchev–Trinajstić information content (AvgIpc) is 3.00. The number of hydrogen-bond donors (Lipinski definition) is 1. The van der Waals surface area contributed by atoms with E-state index in [4.69, 9.17) is 0 Å². The number of aromatic nitrogens is 1. The van der Waals surface area contributed by atoms with Gasteiger partial charge in [0.05, 0.1) is 5.01 Å². The lowest BCUT2D eigenvalue weighted by Gasteiger charge is -2.31. The molecule has 2 fully saturated rings. The Morgan fingerprint density at radius 3 is 2.71 bits per heavy atom. The number of carbonyl (C=O) groups excluding carboxylic acids is 1. The fraction of sp³-hybridized carbons (Fsp3) is 0.667. The van der Waals surface area contributed by atoms with E-state index in [2.05, 4.69) is 10.3 Å². The van der Waals surface area contributed by atoms with Crippen LogP contribution in [0.3, 0.4) is 0 Å². The molecule has 1 N–H and O–H groups in total. The third-order valence-electron chi connectivity index (χ3n) is 3.49. The highest BCUT2D eigenvalue weighted by Crippen LogP contribution is 2.29. The molecule has 4 nitrogen and oxygen atoms in total. The van der Waals surface area contributed by atoms with E-state index in [9.17, 15) is 4.79 Å². The van der Waals surface area contributed by atoms with Crippen LogP contribution in [0.25, 0.3) is 0 Å². The van der Waals surface area contributed by atoms with Crippen molar-refractivity contribution in [3.05, 3.63) is 16.6 Å². The first-order valence-corrected chi connectivity index (χ1v) is 7.16. The van der Waals surface area contributed by atoms with Crippen LogP contribution in [-0.2, 0) is 0 Å². The zero-order chi connectivity index (χ0) is 11.7. The summed E-state index contributed by atoms with van der Waals surface area (Å²) in [5, 5.41) is 6.31. The molecule has 0 atom stereocenters. The zero-order valence-electron chi connectivity index (χ0n) is 9.76. The number of amides is 2. The summed E-state index contributed by atoms with van der Waals surface area (Å²) in [6.45, 7) is 1.73. The summed E-state index contributed by atoms with van der Waals surface area (Å²) >= 11 is 1.73. The molecule has 0 aromatic carbocycles. The molecule has 5 heteroatoms. The molecule has 1 aliphatic heterocycles. The number of rotatable bonds is 2. The van der Waals surface area contributed by atoms with Gasteiger partial charge < -0.3 is 10.2 Å². The number of thiazole rings is 1. The van der Waals surface area contributed by atoms with Crippen molar-refractivity contribution in [3.8, 4) is 0 Å². The smallest absolute Gasteiger partial charge is 0.317 e. The normalized spacial score (nSPS) is 21.5. The van der Waals surface area contributed by atoms with Crippen LogP contribution in [0.4, 0.5) is 4.79 Å². The largest absolute Gasteiger partial charge is 0.335 e. The second kappa shape index (κ2) is 4.64. The molecule has 1 aromatic heterocycles. The molecule has 0 spiro atoms. The van der Waals surface area contributed by atoms with Gasteiger partial charge in [-0.15, -0.1) is 11.3 Å². The Balaban J connectivity index is 1.51. The molecule has 0 bridgehead atoms. The van der Waals surface area contributed by atoms with Crippen molar-refractivity contribution in [2.45, 2.75) is 37.6 Å². The summed E-state index contributed by atoms with van der Waals surface area (Å²) in [6.07, 6.45) is 6.27. The van der Waals surface area contributed by atoms with E-state index in [1.165, 1.54) is 5.01 Å². The molecule has 17 heavy (non-hydrogen) atoms. The van der Waals surface area contributed by atoms with Gasteiger partial charge >= 0.3 is 6.03 Å². The van der Waals surface area contributed by atoms with E-state index in [0.29, 0.717) is 12.0 Å². The number of hydrogen-bond acceptors (Lipinski definition) is 3. The van der Waals surface area contributed by atoms with Crippen LogP contribution in [0, 0.1) is 0 Å². The van der Waals surface area contributed by atoms with Crippen LogP contribution in [0.1, 0.15) is 36.6 Å². The lowest BCUT2D eigenvalue weighted by Crippen LogP contribution is -2.44. The number of nitrogens with zero attached hydrogens (tertiary/aromatic N) is 2. The van der Waals surface area contributed by atoms with Gasteiger partial charge in [0, 0.05) is 36.6 Å². The number of likely N-dealkylation sites (tertiary alicyclic amines) is 1. The van der Waals surface area contributed by atoms with Crippen LogP contribution in [-0.4, -0.2) is 35.0 Å². The minimum atomic E-state index is 0.130. The Bertz CT molecular complexity index is 380. The van der Waals surface area contributed by atoms with E-state index in [1.54, 1.807) is 11.3 Å². The van der Waals surface area contributed by atoms with Gasteiger partial charge in [-0.05, 0) is 25.7 Å². The van der Waals surface area contributed by atoms with Gasteiger partial charge in [0.2, 0.25) is 0 Å². The van der Waals surface area contributed by atoms with Crippen molar-refractivity contribution in [2.75, 3.05) is 13.1 Å². The van der Waals surface area contributed by atoms with Gasteiger partial charge in [-0.25, -0.2) is 9.78 Å². The summed E-state index contributed by atoms with van der Waals surface area (Å²) in [5.74, 6) is 0.556. The van der Waals surface area contributed by atoms with Crippen molar-refractivity contribution in [1.82, 2.24) is 15.2 Å². The van der Waals surface area contributed by atoms with Crippen LogP contribution < -0.4 is 5.32 Å². The molecule has 1 saturated heterocycles. The highest BCUT2D eigenvalue weighted by Gasteiger charge is 2.29. The molecule has 3 rings (SSSR count). The SMILES string of the molecule is O=C(NC1CC1)N1CCC(c2nccs2)CC1. The molecule has 0 unspecified atom stereocenters. The van der Waals surface area contributed by atoms with Crippen molar-refractivity contribution >= 4 is 17.4 Å². The predicted octanol–water partition coefficient (Wildman–Crippen LogP) is 2.19. The fourth-order valence-corrected chi connectivity index (χ4v) is 3.07. The molecule has 92 valence electrons. The Labute approximate surface area is 105 Å².